The van der Waals surface area contributed by atoms with Gasteiger partial charge in [-0.05, 0) is 24.3 Å². The van der Waals surface area contributed by atoms with Crippen LogP contribution in [-0.2, 0) is 6.18 Å². The van der Waals surface area contributed by atoms with Gasteiger partial charge in [-0.1, -0.05) is 30.3 Å². The predicted octanol–water partition coefficient (Wildman–Crippen LogP) is 4.07. The van der Waals surface area contributed by atoms with Gasteiger partial charge in [-0.2, -0.15) is 13.2 Å². The Morgan fingerprint density at radius 2 is 1.42 bits per heavy atom. The fourth-order valence-corrected chi connectivity index (χ4v) is 3.48. The molecule has 0 spiro atoms. The number of carbonyl (C=O) groups is 1. The van der Waals surface area contributed by atoms with Crippen LogP contribution in [-0.4, -0.2) is 42.1 Å². The van der Waals surface area contributed by atoms with Gasteiger partial charge in [0.15, 0.2) is 0 Å². The lowest BCUT2D eigenvalue weighted by Gasteiger charge is -2.36. The van der Waals surface area contributed by atoms with Crippen molar-refractivity contribution in [1.82, 2.24) is 9.97 Å². The minimum absolute atomic E-state index is 0.230. The molecule has 1 aromatic heterocycles. The normalized spacial score (nSPS) is 14.4. The molecule has 31 heavy (non-hydrogen) atoms. The van der Waals surface area contributed by atoms with E-state index < -0.39 is 23.2 Å². The fraction of sp³-hybridized carbons (Fsp3) is 0.227. The molecule has 0 unspecified atom stereocenters. The summed E-state index contributed by atoms with van der Waals surface area (Å²) in [5, 5.41) is 2.44. The fourth-order valence-electron chi connectivity index (χ4n) is 3.48. The number of carbonyl (C=O) groups excluding carboxylic acids is 1. The number of hydrogen-bond acceptors (Lipinski definition) is 5. The molecule has 2 heterocycles. The van der Waals surface area contributed by atoms with Gasteiger partial charge in [0.1, 0.15) is 0 Å². The molecule has 1 fully saturated rings. The molecule has 0 bridgehead atoms. The number of benzene rings is 2. The number of para-hydroxylation sites is 1. The summed E-state index contributed by atoms with van der Waals surface area (Å²) in [7, 11) is 0. The van der Waals surface area contributed by atoms with Crippen molar-refractivity contribution in [1.29, 1.82) is 0 Å². The van der Waals surface area contributed by atoms with Crippen LogP contribution in [0.25, 0.3) is 0 Å². The van der Waals surface area contributed by atoms with Crippen molar-refractivity contribution in [2.75, 3.05) is 41.3 Å². The number of aromatic nitrogens is 2. The summed E-state index contributed by atoms with van der Waals surface area (Å²) in [6.45, 7) is 3.11. The summed E-state index contributed by atoms with van der Waals surface area (Å²) in [5.41, 5.74) is -0.0358. The third-order valence-corrected chi connectivity index (χ3v) is 5.06. The molecule has 160 valence electrons. The van der Waals surface area contributed by atoms with E-state index in [2.05, 4.69) is 32.3 Å². The van der Waals surface area contributed by atoms with Crippen molar-refractivity contribution < 1.29 is 18.0 Å². The first-order valence-corrected chi connectivity index (χ1v) is 9.76. The smallest absolute Gasteiger partial charge is 0.368 e. The van der Waals surface area contributed by atoms with E-state index in [4.69, 9.17) is 0 Å². The average Bonchev–Trinajstić information content (AvgIpc) is 2.80. The summed E-state index contributed by atoms with van der Waals surface area (Å²) < 4.78 is 39.4. The number of amides is 1. The van der Waals surface area contributed by atoms with Gasteiger partial charge in [0.25, 0.3) is 5.91 Å². The third-order valence-electron chi connectivity index (χ3n) is 5.06. The van der Waals surface area contributed by atoms with Crippen LogP contribution >= 0.6 is 0 Å². The molecule has 9 heteroatoms. The van der Waals surface area contributed by atoms with Gasteiger partial charge in [0.2, 0.25) is 5.95 Å². The Hall–Kier alpha value is -3.62. The third kappa shape index (κ3) is 4.76. The van der Waals surface area contributed by atoms with Crippen LogP contribution in [0.15, 0.2) is 67.0 Å². The minimum Gasteiger partial charge on any atom is -0.368 e. The highest BCUT2D eigenvalue weighted by Gasteiger charge is 2.34. The van der Waals surface area contributed by atoms with Crippen LogP contribution < -0.4 is 15.1 Å². The molecule has 0 atom stereocenters. The molecule has 0 aliphatic carbocycles. The summed E-state index contributed by atoms with van der Waals surface area (Å²) >= 11 is 0. The highest BCUT2D eigenvalue weighted by Crippen LogP contribution is 2.32. The number of alkyl halides is 3. The quantitative estimate of drug-likeness (QED) is 0.680. The number of rotatable bonds is 4. The first-order chi connectivity index (χ1) is 14.9. The van der Waals surface area contributed by atoms with Gasteiger partial charge >= 0.3 is 6.18 Å². The number of piperazine rings is 1. The largest absolute Gasteiger partial charge is 0.417 e. The van der Waals surface area contributed by atoms with Gasteiger partial charge < -0.3 is 15.1 Å². The van der Waals surface area contributed by atoms with Crippen molar-refractivity contribution in [3.05, 3.63) is 78.1 Å². The second-order valence-electron chi connectivity index (χ2n) is 7.08. The molecule has 1 N–H and O–H groups in total. The van der Waals surface area contributed by atoms with Gasteiger partial charge in [-0.3, -0.25) is 4.79 Å². The maximum Gasteiger partial charge on any atom is 0.417 e. The van der Waals surface area contributed by atoms with Crippen LogP contribution in [0.5, 0.6) is 0 Å². The molecule has 1 saturated heterocycles. The van der Waals surface area contributed by atoms with Crippen molar-refractivity contribution in [3.63, 3.8) is 0 Å². The number of nitrogens with one attached hydrogen (secondary N) is 1. The zero-order chi connectivity index (χ0) is 21.8. The van der Waals surface area contributed by atoms with E-state index >= 15 is 0 Å². The van der Waals surface area contributed by atoms with E-state index in [-0.39, 0.29) is 5.69 Å². The summed E-state index contributed by atoms with van der Waals surface area (Å²) in [4.78, 5) is 25.2. The second-order valence-corrected chi connectivity index (χ2v) is 7.08. The van der Waals surface area contributed by atoms with Gasteiger partial charge in [-0.25, -0.2) is 9.97 Å². The highest BCUT2D eigenvalue weighted by atomic mass is 19.4. The van der Waals surface area contributed by atoms with Crippen LogP contribution in [0.1, 0.15) is 15.9 Å². The maximum absolute atomic E-state index is 13.1. The second kappa shape index (κ2) is 8.63. The van der Waals surface area contributed by atoms with Crippen LogP contribution in [0.4, 0.5) is 30.5 Å². The summed E-state index contributed by atoms with van der Waals surface area (Å²) in [5.74, 6) is -0.345. The molecular formula is C22H20F3N5O. The lowest BCUT2D eigenvalue weighted by Crippen LogP contribution is -2.47. The molecule has 0 saturated carbocycles. The molecule has 1 amide bonds. The van der Waals surface area contributed by atoms with Crippen LogP contribution in [0.3, 0.4) is 0 Å². The van der Waals surface area contributed by atoms with Crippen molar-refractivity contribution in [3.8, 4) is 0 Å². The van der Waals surface area contributed by atoms with Gasteiger partial charge in [0.05, 0.1) is 29.2 Å². The van der Waals surface area contributed by atoms with Gasteiger partial charge in [0, 0.05) is 31.9 Å². The summed E-state index contributed by atoms with van der Waals surface area (Å²) in [6, 6.07) is 14.8. The van der Waals surface area contributed by atoms with Gasteiger partial charge in [-0.15, -0.1) is 0 Å². The molecule has 6 nitrogen and oxygen atoms in total. The molecule has 3 aromatic rings. The number of anilines is 3. The van der Waals surface area contributed by atoms with E-state index in [1.807, 2.05) is 23.1 Å². The Labute approximate surface area is 177 Å². The summed E-state index contributed by atoms with van der Waals surface area (Å²) in [6.07, 6.45) is -1.81. The highest BCUT2D eigenvalue weighted by molar-refractivity contribution is 6.05. The SMILES string of the molecule is O=C(Nc1cnc(N2CCN(c3ccccc3)CC2)nc1)c1ccccc1C(F)(F)F. The van der Waals surface area contributed by atoms with Crippen molar-refractivity contribution >= 4 is 23.2 Å². The molecule has 2 aromatic carbocycles. The number of hydrogen-bond donors (Lipinski definition) is 1. The maximum atomic E-state index is 13.1. The minimum atomic E-state index is -4.61. The Morgan fingerprint density at radius 1 is 0.839 bits per heavy atom. The van der Waals surface area contributed by atoms with E-state index in [0.29, 0.717) is 5.95 Å². The zero-order valence-electron chi connectivity index (χ0n) is 16.5. The lowest BCUT2D eigenvalue weighted by molar-refractivity contribution is -0.137. The van der Waals surface area contributed by atoms with Crippen LogP contribution in [0, 0.1) is 0 Å². The van der Waals surface area contributed by atoms with Crippen molar-refractivity contribution in [2.24, 2.45) is 0 Å². The van der Waals surface area contributed by atoms with E-state index in [1.54, 1.807) is 0 Å². The Morgan fingerprint density at radius 3 is 2.06 bits per heavy atom. The van der Waals surface area contributed by atoms with E-state index in [9.17, 15) is 18.0 Å². The molecule has 1 aliphatic heterocycles. The molecule has 4 rings (SSSR count). The first-order valence-electron chi connectivity index (χ1n) is 9.76. The Kier molecular flexibility index (Phi) is 5.75. The standard InChI is InChI=1S/C22H20F3N5O/c23-22(24,25)19-9-5-4-8-18(19)20(31)28-16-14-26-21(27-15-16)30-12-10-29(11-13-30)17-6-2-1-3-7-17/h1-9,14-15H,10-13H2,(H,28,31). The monoisotopic (exact) mass is 427 g/mol. The van der Waals surface area contributed by atoms with E-state index in [1.165, 1.54) is 30.2 Å². The Balaban J connectivity index is 1.39. The number of halogens is 3. The average molecular weight is 427 g/mol. The molecular weight excluding hydrogens is 407 g/mol. The predicted molar refractivity (Wildman–Crippen MR) is 112 cm³/mol. The zero-order valence-corrected chi connectivity index (χ0v) is 16.5. The number of nitrogens with zero attached hydrogens (tertiary/aromatic N) is 4. The van der Waals surface area contributed by atoms with Crippen molar-refractivity contribution in [2.45, 2.75) is 6.18 Å². The lowest BCUT2D eigenvalue weighted by atomic mass is 10.1. The molecule has 0 radical (unpaired) electrons. The molecule has 1 aliphatic rings. The first kappa shape index (κ1) is 20.6. The Bertz CT molecular complexity index is 1030. The van der Waals surface area contributed by atoms with E-state index in [0.717, 1.165) is 38.3 Å². The van der Waals surface area contributed by atoms with Crippen LogP contribution in [0.2, 0.25) is 0 Å². The topological polar surface area (TPSA) is 61.4 Å².